The SMILES string of the molecule is CCCNC(c1cccc(OCC)c1)C1CCC1. The fourth-order valence-electron chi connectivity index (χ4n) is 2.59. The van der Waals surface area contributed by atoms with Crippen LogP contribution in [0, 0.1) is 5.92 Å². The van der Waals surface area contributed by atoms with E-state index in [1.165, 1.54) is 31.2 Å². The van der Waals surface area contributed by atoms with Gasteiger partial charge in [-0.1, -0.05) is 25.5 Å². The summed E-state index contributed by atoms with van der Waals surface area (Å²) < 4.78 is 5.60. The van der Waals surface area contributed by atoms with Crippen LogP contribution in [0.4, 0.5) is 0 Å². The number of ether oxygens (including phenoxy) is 1. The average Bonchev–Trinajstić information content (AvgIpc) is 2.33. The van der Waals surface area contributed by atoms with Gasteiger partial charge in [-0.05, 0) is 56.3 Å². The third kappa shape index (κ3) is 3.26. The predicted octanol–water partition coefficient (Wildman–Crippen LogP) is 3.93. The molecule has 1 unspecified atom stereocenters. The Labute approximate surface area is 111 Å². The highest BCUT2D eigenvalue weighted by Crippen LogP contribution is 2.38. The minimum absolute atomic E-state index is 0.513. The summed E-state index contributed by atoms with van der Waals surface area (Å²) in [5.41, 5.74) is 1.39. The van der Waals surface area contributed by atoms with E-state index in [1.54, 1.807) is 0 Å². The third-order valence-electron chi connectivity index (χ3n) is 3.76. The maximum Gasteiger partial charge on any atom is 0.119 e. The number of rotatable bonds is 7. The van der Waals surface area contributed by atoms with Gasteiger partial charge in [0.25, 0.3) is 0 Å². The van der Waals surface area contributed by atoms with Crippen molar-refractivity contribution in [3.8, 4) is 5.75 Å². The largest absolute Gasteiger partial charge is 0.494 e. The lowest BCUT2D eigenvalue weighted by Gasteiger charge is -2.35. The number of hydrogen-bond donors (Lipinski definition) is 1. The van der Waals surface area contributed by atoms with Crippen LogP contribution in [-0.2, 0) is 0 Å². The average molecular weight is 247 g/mol. The molecule has 0 bridgehead atoms. The van der Waals surface area contributed by atoms with Gasteiger partial charge in [-0.3, -0.25) is 0 Å². The lowest BCUT2D eigenvalue weighted by molar-refractivity contribution is 0.230. The molecular weight excluding hydrogens is 222 g/mol. The Bertz CT molecular complexity index is 360. The molecule has 100 valence electrons. The van der Waals surface area contributed by atoms with E-state index in [0.29, 0.717) is 6.04 Å². The molecule has 2 nitrogen and oxygen atoms in total. The molecule has 1 atom stereocenters. The first-order valence-corrected chi connectivity index (χ1v) is 7.31. The Morgan fingerprint density at radius 2 is 2.17 bits per heavy atom. The second kappa shape index (κ2) is 6.79. The molecule has 1 aliphatic carbocycles. The van der Waals surface area contributed by atoms with Crippen molar-refractivity contribution in [1.29, 1.82) is 0 Å². The van der Waals surface area contributed by atoms with Crippen LogP contribution in [0.25, 0.3) is 0 Å². The smallest absolute Gasteiger partial charge is 0.119 e. The van der Waals surface area contributed by atoms with E-state index < -0.39 is 0 Å². The van der Waals surface area contributed by atoms with Gasteiger partial charge in [-0.25, -0.2) is 0 Å². The molecule has 0 radical (unpaired) electrons. The van der Waals surface area contributed by atoms with Gasteiger partial charge in [0.15, 0.2) is 0 Å². The molecule has 2 heteroatoms. The quantitative estimate of drug-likeness (QED) is 0.788. The van der Waals surface area contributed by atoms with E-state index in [2.05, 4.69) is 30.4 Å². The molecule has 0 saturated heterocycles. The van der Waals surface area contributed by atoms with Gasteiger partial charge >= 0.3 is 0 Å². The summed E-state index contributed by atoms with van der Waals surface area (Å²) in [4.78, 5) is 0. The minimum atomic E-state index is 0.513. The monoisotopic (exact) mass is 247 g/mol. The molecule has 0 spiro atoms. The predicted molar refractivity (Wildman–Crippen MR) is 76.0 cm³/mol. The topological polar surface area (TPSA) is 21.3 Å². The van der Waals surface area contributed by atoms with Crippen LogP contribution in [0.2, 0.25) is 0 Å². The van der Waals surface area contributed by atoms with E-state index in [0.717, 1.165) is 24.8 Å². The molecule has 1 aromatic carbocycles. The maximum atomic E-state index is 5.60. The summed E-state index contributed by atoms with van der Waals surface area (Å²) in [5.74, 6) is 1.81. The van der Waals surface area contributed by atoms with Crippen molar-refractivity contribution in [3.05, 3.63) is 29.8 Å². The first kappa shape index (κ1) is 13.4. The summed E-state index contributed by atoms with van der Waals surface area (Å²) >= 11 is 0. The summed E-state index contributed by atoms with van der Waals surface area (Å²) in [6.07, 6.45) is 5.30. The van der Waals surface area contributed by atoms with E-state index in [-0.39, 0.29) is 0 Å². The molecule has 0 aliphatic heterocycles. The van der Waals surface area contributed by atoms with Gasteiger partial charge in [-0.15, -0.1) is 0 Å². The molecule has 1 fully saturated rings. The Hall–Kier alpha value is -1.02. The molecule has 1 aromatic rings. The summed E-state index contributed by atoms with van der Waals surface area (Å²) in [6.45, 7) is 6.09. The minimum Gasteiger partial charge on any atom is -0.494 e. The standard InChI is InChI=1S/C16H25NO/c1-3-11-17-16(13-7-5-8-13)14-9-6-10-15(12-14)18-4-2/h6,9-10,12-13,16-17H,3-5,7-8,11H2,1-2H3. The highest BCUT2D eigenvalue weighted by Gasteiger charge is 2.28. The zero-order valence-corrected chi connectivity index (χ0v) is 11.6. The first-order chi connectivity index (χ1) is 8.85. The molecule has 0 aromatic heterocycles. The van der Waals surface area contributed by atoms with Gasteiger partial charge in [0.1, 0.15) is 5.75 Å². The molecule has 2 rings (SSSR count). The van der Waals surface area contributed by atoms with Crippen LogP contribution in [-0.4, -0.2) is 13.2 Å². The van der Waals surface area contributed by atoms with Crippen molar-refractivity contribution in [2.75, 3.05) is 13.2 Å². The van der Waals surface area contributed by atoms with Crippen molar-refractivity contribution in [2.24, 2.45) is 5.92 Å². The molecule has 1 saturated carbocycles. The van der Waals surface area contributed by atoms with Crippen molar-refractivity contribution in [3.63, 3.8) is 0 Å². The number of hydrogen-bond acceptors (Lipinski definition) is 2. The van der Waals surface area contributed by atoms with Crippen LogP contribution in [0.1, 0.15) is 51.1 Å². The number of benzene rings is 1. The van der Waals surface area contributed by atoms with Crippen molar-refractivity contribution < 1.29 is 4.74 Å². The number of nitrogens with one attached hydrogen (secondary N) is 1. The van der Waals surface area contributed by atoms with Crippen LogP contribution in [0.3, 0.4) is 0 Å². The van der Waals surface area contributed by atoms with Crippen molar-refractivity contribution in [1.82, 2.24) is 5.32 Å². The first-order valence-electron chi connectivity index (χ1n) is 7.31. The van der Waals surface area contributed by atoms with E-state index in [9.17, 15) is 0 Å². The second-order valence-corrected chi connectivity index (χ2v) is 5.13. The van der Waals surface area contributed by atoms with E-state index >= 15 is 0 Å². The van der Waals surface area contributed by atoms with Gasteiger partial charge in [0.05, 0.1) is 6.61 Å². The molecule has 0 amide bonds. The van der Waals surface area contributed by atoms with Gasteiger partial charge < -0.3 is 10.1 Å². The Morgan fingerprint density at radius 1 is 1.33 bits per heavy atom. The highest BCUT2D eigenvalue weighted by molar-refractivity contribution is 5.31. The van der Waals surface area contributed by atoms with Crippen LogP contribution in [0.15, 0.2) is 24.3 Å². The molecule has 1 aliphatic rings. The normalized spacial score (nSPS) is 17.2. The molecule has 0 heterocycles. The Kier molecular flexibility index (Phi) is 5.06. The highest BCUT2D eigenvalue weighted by atomic mass is 16.5. The van der Waals surface area contributed by atoms with Crippen LogP contribution >= 0.6 is 0 Å². The van der Waals surface area contributed by atoms with Crippen molar-refractivity contribution >= 4 is 0 Å². The zero-order valence-electron chi connectivity index (χ0n) is 11.6. The fraction of sp³-hybridized carbons (Fsp3) is 0.625. The van der Waals surface area contributed by atoms with E-state index in [4.69, 9.17) is 4.74 Å². The van der Waals surface area contributed by atoms with E-state index in [1.807, 2.05) is 13.0 Å². The summed E-state index contributed by atoms with van der Waals surface area (Å²) in [7, 11) is 0. The fourth-order valence-corrected chi connectivity index (χ4v) is 2.59. The Balaban J connectivity index is 2.10. The van der Waals surface area contributed by atoms with Crippen molar-refractivity contribution in [2.45, 2.75) is 45.6 Å². The molecular formula is C16H25NO. The maximum absolute atomic E-state index is 5.60. The Morgan fingerprint density at radius 3 is 2.78 bits per heavy atom. The molecule has 1 N–H and O–H groups in total. The zero-order chi connectivity index (χ0) is 12.8. The van der Waals surface area contributed by atoms with Crippen LogP contribution < -0.4 is 10.1 Å². The molecule has 18 heavy (non-hydrogen) atoms. The van der Waals surface area contributed by atoms with Crippen LogP contribution in [0.5, 0.6) is 5.75 Å². The van der Waals surface area contributed by atoms with Gasteiger partial charge in [-0.2, -0.15) is 0 Å². The van der Waals surface area contributed by atoms with Gasteiger partial charge in [0, 0.05) is 6.04 Å². The lowest BCUT2D eigenvalue weighted by Crippen LogP contribution is -2.32. The van der Waals surface area contributed by atoms with Gasteiger partial charge in [0.2, 0.25) is 0 Å². The summed E-state index contributed by atoms with van der Waals surface area (Å²) in [5, 5.41) is 3.70. The third-order valence-corrected chi connectivity index (χ3v) is 3.76. The second-order valence-electron chi connectivity index (χ2n) is 5.13. The summed E-state index contributed by atoms with van der Waals surface area (Å²) in [6, 6.07) is 9.10. The lowest BCUT2D eigenvalue weighted by atomic mass is 9.77.